The predicted octanol–water partition coefficient (Wildman–Crippen LogP) is 4.47. The summed E-state index contributed by atoms with van der Waals surface area (Å²) in [6.07, 6.45) is 0.418. The maximum Gasteiger partial charge on any atom is 0.216 e. The van der Waals surface area contributed by atoms with E-state index in [-0.39, 0.29) is 0 Å². The Labute approximate surface area is 169 Å². The molecule has 1 aliphatic rings. The lowest BCUT2D eigenvalue weighted by Crippen LogP contribution is -2.28. The minimum Gasteiger partial charge on any atom is -0.332 e. The minimum atomic E-state index is -0.526. The number of rotatable bonds is 6. The van der Waals surface area contributed by atoms with Crippen LogP contribution in [0.5, 0.6) is 0 Å². The van der Waals surface area contributed by atoms with Crippen molar-refractivity contribution in [2.24, 2.45) is 0 Å². The van der Waals surface area contributed by atoms with Gasteiger partial charge in [-0.1, -0.05) is 46.3 Å². The molecule has 1 N–H and O–H groups in total. The van der Waals surface area contributed by atoms with Crippen LogP contribution in [0.25, 0.3) is 0 Å². The van der Waals surface area contributed by atoms with E-state index in [2.05, 4.69) is 26.2 Å². The van der Waals surface area contributed by atoms with E-state index in [1.54, 1.807) is 0 Å². The van der Waals surface area contributed by atoms with Gasteiger partial charge in [0.05, 0.1) is 5.69 Å². The van der Waals surface area contributed by atoms with Gasteiger partial charge in [0.25, 0.3) is 0 Å². The van der Waals surface area contributed by atoms with E-state index < -0.39 is 11.8 Å². The molecule has 2 aromatic carbocycles. The molecule has 0 fully saturated rings. The van der Waals surface area contributed by atoms with Crippen molar-refractivity contribution in [3.05, 3.63) is 75.2 Å². The number of nitrogens with one attached hydrogen (secondary N) is 1. The Bertz CT molecular complexity index is 1000. The summed E-state index contributed by atoms with van der Waals surface area (Å²) in [5, 5.41) is 6.06. The second-order valence-corrected chi connectivity index (χ2v) is 8.08. The summed E-state index contributed by atoms with van der Waals surface area (Å²) in [7, 11) is 0. The molecule has 1 aliphatic heterocycles. The highest BCUT2D eigenvalue weighted by Crippen LogP contribution is 2.35. The fourth-order valence-corrected chi connectivity index (χ4v) is 4.45. The van der Waals surface area contributed by atoms with E-state index in [0.29, 0.717) is 19.4 Å². The summed E-state index contributed by atoms with van der Waals surface area (Å²) in [4.78, 5) is 30.0. The van der Waals surface area contributed by atoms with Crippen molar-refractivity contribution < 1.29 is 9.59 Å². The quantitative estimate of drug-likeness (QED) is 0.451. The Hall–Kier alpha value is -2.35. The molecule has 0 radical (unpaired) electrons. The largest absolute Gasteiger partial charge is 0.332 e. The predicted molar refractivity (Wildman–Crippen MR) is 109 cm³/mol. The van der Waals surface area contributed by atoms with Crippen LogP contribution in [0.15, 0.2) is 58.4 Å². The van der Waals surface area contributed by atoms with Gasteiger partial charge in [-0.15, -0.1) is 11.3 Å². The fourth-order valence-electron chi connectivity index (χ4n) is 3.33. The molecule has 0 aliphatic carbocycles. The van der Waals surface area contributed by atoms with Gasteiger partial charge in [0.15, 0.2) is 11.4 Å². The number of benzene rings is 2. The first kappa shape index (κ1) is 18.0. The molecule has 1 atom stereocenters. The van der Waals surface area contributed by atoms with E-state index in [1.165, 1.54) is 11.3 Å². The van der Waals surface area contributed by atoms with Crippen LogP contribution in [0.1, 0.15) is 22.9 Å². The van der Waals surface area contributed by atoms with Crippen LogP contribution >= 0.6 is 27.3 Å². The van der Waals surface area contributed by atoms with Crippen molar-refractivity contribution >= 4 is 50.2 Å². The summed E-state index contributed by atoms with van der Waals surface area (Å²) >= 11 is 4.97. The fraction of sp³-hybridized carbons (Fsp3) is 0.150. The second-order valence-electron chi connectivity index (χ2n) is 6.31. The maximum atomic E-state index is 12.2. The number of aldehydes is 1. The molecule has 0 bridgehead atoms. The number of hydrogen-bond acceptors (Lipinski definition) is 6. The average Bonchev–Trinajstić information content (AvgIpc) is 3.25. The van der Waals surface area contributed by atoms with Crippen molar-refractivity contribution in [1.29, 1.82) is 0 Å². The Kier molecular flexibility index (Phi) is 5.15. The summed E-state index contributed by atoms with van der Waals surface area (Å²) in [6.45, 7) is 1.14. The van der Waals surface area contributed by atoms with Gasteiger partial charge in [0, 0.05) is 28.6 Å². The van der Waals surface area contributed by atoms with Crippen molar-refractivity contribution in [1.82, 2.24) is 9.88 Å². The normalized spacial score (nSPS) is 16.1. The minimum absolute atomic E-state index is 0.414. The van der Waals surface area contributed by atoms with Crippen molar-refractivity contribution in [2.75, 3.05) is 5.32 Å². The molecular weight excluding hydrogens is 426 g/mol. The van der Waals surface area contributed by atoms with Crippen molar-refractivity contribution in [3.8, 4) is 0 Å². The number of aromatic nitrogens is 1. The van der Waals surface area contributed by atoms with E-state index in [1.807, 2.05) is 58.8 Å². The number of anilines is 2. The Morgan fingerprint density at radius 1 is 1.30 bits per heavy atom. The van der Waals surface area contributed by atoms with E-state index in [0.717, 1.165) is 32.1 Å². The molecule has 2 heterocycles. The smallest absolute Gasteiger partial charge is 0.216 e. The molecule has 0 spiro atoms. The third kappa shape index (κ3) is 3.85. The molecule has 0 saturated carbocycles. The number of nitrogens with zero attached hydrogens (tertiary/aromatic N) is 2. The highest BCUT2D eigenvalue weighted by atomic mass is 79.9. The zero-order valence-electron chi connectivity index (χ0n) is 14.3. The van der Waals surface area contributed by atoms with Crippen LogP contribution in [0.2, 0.25) is 0 Å². The lowest BCUT2D eigenvalue weighted by atomic mass is 10.0. The molecule has 3 aromatic rings. The van der Waals surface area contributed by atoms with Gasteiger partial charge in [-0.3, -0.25) is 14.5 Å². The molecule has 1 aromatic heterocycles. The summed E-state index contributed by atoms with van der Waals surface area (Å²) < 4.78 is 0.995. The highest BCUT2D eigenvalue weighted by Gasteiger charge is 2.35. The average molecular weight is 442 g/mol. The van der Waals surface area contributed by atoms with E-state index >= 15 is 0 Å². The molecule has 4 rings (SSSR count). The molecule has 0 saturated heterocycles. The van der Waals surface area contributed by atoms with Gasteiger partial charge in [-0.2, -0.15) is 0 Å². The first-order valence-electron chi connectivity index (χ1n) is 8.42. The highest BCUT2D eigenvalue weighted by molar-refractivity contribution is 9.10. The molecular formula is C20H16BrN3O2S. The maximum absolute atomic E-state index is 12.2. The first-order valence-corrected chi connectivity index (χ1v) is 10.1. The topological polar surface area (TPSA) is 62.3 Å². The zero-order valence-corrected chi connectivity index (χ0v) is 16.7. The molecule has 1 unspecified atom stereocenters. The van der Waals surface area contributed by atoms with Crippen LogP contribution in [-0.2, 0) is 22.7 Å². The Balaban J connectivity index is 1.51. The van der Waals surface area contributed by atoms with Crippen molar-refractivity contribution in [3.63, 3.8) is 0 Å². The van der Waals surface area contributed by atoms with Gasteiger partial charge in [-0.05, 0) is 29.3 Å². The third-order valence-corrected chi connectivity index (χ3v) is 5.77. The van der Waals surface area contributed by atoms with E-state index in [9.17, 15) is 9.59 Å². The number of halogens is 1. The summed E-state index contributed by atoms with van der Waals surface area (Å²) in [5.41, 5.74) is 3.82. The monoisotopic (exact) mass is 441 g/mol. The van der Waals surface area contributed by atoms with Gasteiger partial charge in [0.2, 0.25) is 5.78 Å². The standard InChI is InChI=1S/C20H16BrN3O2S/c21-14-5-3-6-15(8-14)22-20-23-16(12-27-20)10-24-9-13-4-1-2-7-17(13)19(24)18(26)11-25/h1-8,11-12,19H,9-10H2,(H,22,23). The molecule has 136 valence electrons. The molecule has 0 amide bonds. The SMILES string of the molecule is O=CC(=O)C1c2ccccc2CN1Cc1csc(Nc2cccc(Br)c2)n1. The lowest BCUT2D eigenvalue weighted by Gasteiger charge is -2.21. The third-order valence-electron chi connectivity index (χ3n) is 4.47. The number of carbonyl (C=O) groups excluding carboxylic acids is 2. The summed E-state index contributed by atoms with van der Waals surface area (Å²) in [5.74, 6) is -0.414. The number of fused-ring (bicyclic) bond motifs is 1. The van der Waals surface area contributed by atoms with Gasteiger partial charge in [0.1, 0.15) is 6.04 Å². The van der Waals surface area contributed by atoms with E-state index in [4.69, 9.17) is 0 Å². The first-order chi connectivity index (χ1) is 13.1. The Morgan fingerprint density at radius 2 is 2.15 bits per heavy atom. The van der Waals surface area contributed by atoms with Crippen molar-refractivity contribution in [2.45, 2.75) is 19.1 Å². The number of Topliss-reactive ketones (excluding diaryl/α,β-unsaturated/α-hetero) is 1. The number of hydrogen-bond donors (Lipinski definition) is 1. The van der Waals surface area contributed by atoms with Crippen LogP contribution in [0.3, 0.4) is 0 Å². The van der Waals surface area contributed by atoms with Crippen LogP contribution in [0.4, 0.5) is 10.8 Å². The van der Waals surface area contributed by atoms with Crippen LogP contribution < -0.4 is 5.32 Å². The second kappa shape index (κ2) is 7.72. The number of ketones is 1. The van der Waals surface area contributed by atoms with Crippen LogP contribution in [0, 0.1) is 0 Å². The number of thiazole rings is 1. The van der Waals surface area contributed by atoms with Gasteiger partial charge < -0.3 is 5.32 Å². The van der Waals surface area contributed by atoms with Gasteiger partial charge >= 0.3 is 0 Å². The Morgan fingerprint density at radius 3 is 2.96 bits per heavy atom. The molecule has 7 heteroatoms. The summed E-state index contributed by atoms with van der Waals surface area (Å²) in [6, 6.07) is 15.1. The molecule has 5 nitrogen and oxygen atoms in total. The van der Waals surface area contributed by atoms with Gasteiger partial charge in [-0.25, -0.2) is 4.98 Å². The van der Waals surface area contributed by atoms with Crippen LogP contribution in [-0.4, -0.2) is 22.0 Å². The number of carbonyl (C=O) groups is 2. The lowest BCUT2D eigenvalue weighted by molar-refractivity contribution is -0.133. The molecule has 27 heavy (non-hydrogen) atoms. The zero-order chi connectivity index (χ0) is 18.8.